The highest BCUT2D eigenvalue weighted by Crippen LogP contribution is 2.29. The molecule has 1 aromatic heterocycles. The number of benzene rings is 2. The van der Waals surface area contributed by atoms with Crippen LogP contribution in [0, 0.1) is 25.5 Å². The average Bonchev–Trinajstić information content (AvgIpc) is 2.73. The van der Waals surface area contributed by atoms with Crippen LogP contribution in [0.1, 0.15) is 11.1 Å². The Morgan fingerprint density at radius 3 is 2.55 bits per heavy atom. The zero-order valence-electron chi connectivity index (χ0n) is 11.1. The molecule has 0 radical (unpaired) electrons. The molecule has 0 saturated carbocycles. The number of nitrogens with two attached hydrogens (primary N) is 1. The van der Waals surface area contributed by atoms with Gasteiger partial charge in [0.2, 0.25) is 5.95 Å². The number of halogens is 2. The summed E-state index contributed by atoms with van der Waals surface area (Å²) in [5, 5.41) is 0. The van der Waals surface area contributed by atoms with Crippen molar-refractivity contribution in [1.29, 1.82) is 0 Å². The van der Waals surface area contributed by atoms with Gasteiger partial charge in [-0.2, -0.15) is 0 Å². The number of anilines is 1. The Bertz CT molecular complexity index is 822. The number of aryl methyl sites for hydroxylation is 2. The number of para-hydroxylation sites is 1. The van der Waals surface area contributed by atoms with Crippen LogP contribution in [0.15, 0.2) is 30.3 Å². The van der Waals surface area contributed by atoms with Crippen molar-refractivity contribution in [1.82, 2.24) is 9.55 Å². The number of hydrogen-bond donors (Lipinski definition) is 1. The topological polar surface area (TPSA) is 43.8 Å². The average molecular weight is 273 g/mol. The fraction of sp³-hybridized carbons (Fsp3) is 0.133. The molecule has 0 saturated heterocycles. The van der Waals surface area contributed by atoms with Gasteiger partial charge in [0.25, 0.3) is 0 Å². The van der Waals surface area contributed by atoms with Crippen LogP contribution in [0.4, 0.5) is 14.7 Å². The van der Waals surface area contributed by atoms with Gasteiger partial charge in [-0.1, -0.05) is 18.2 Å². The van der Waals surface area contributed by atoms with E-state index in [1.807, 2.05) is 19.1 Å². The summed E-state index contributed by atoms with van der Waals surface area (Å²) in [6.07, 6.45) is 0. The SMILES string of the molecule is Cc1ccc(F)c(-n2c(N)nc3cccc(C)c32)c1F. The fourth-order valence-electron chi connectivity index (χ4n) is 2.39. The van der Waals surface area contributed by atoms with E-state index in [9.17, 15) is 8.78 Å². The zero-order chi connectivity index (χ0) is 14.4. The summed E-state index contributed by atoms with van der Waals surface area (Å²) in [7, 11) is 0. The molecule has 2 aromatic carbocycles. The van der Waals surface area contributed by atoms with E-state index in [1.165, 1.54) is 16.7 Å². The van der Waals surface area contributed by atoms with Gasteiger partial charge in [-0.3, -0.25) is 4.57 Å². The first-order chi connectivity index (χ1) is 9.50. The second kappa shape index (κ2) is 4.30. The zero-order valence-corrected chi connectivity index (χ0v) is 11.1. The minimum absolute atomic E-state index is 0.0673. The molecule has 3 nitrogen and oxygen atoms in total. The third-order valence-corrected chi connectivity index (χ3v) is 3.39. The first-order valence-electron chi connectivity index (χ1n) is 6.19. The number of aromatic nitrogens is 2. The number of nitrogens with zero attached hydrogens (tertiary/aromatic N) is 2. The number of rotatable bonds is 1. The van der Waals surface area contributed by atoms with Gasteiger partial charge in [0, 0.05) is 0 Å². The molecule has 3 rings (SSSR count). The summed E-state index contributed by atoms with van der Waals surface area (Å²) >= 11 is 0. The van der Waals surface area contributed by atoms with Gasteiger partial charge in [-0.15, -0.1) is 0 Å². The first kappa shape index (κ1) is 12.6. The van der Waals surface area contributed by atoms with Gasteiger partial charge in [-0.25, -0.2) is 13.8 Å². The van der Waals surface area contributed by atoms with Gasteiger partial charge < -0.3 is 5.73 Å². The minimum atomic E-state index is -0.664. The predicted molar refractivity (Wildman–Crippen MR) is 74.9 cm³/mol. The molecule has 1 heterocycles. The summed E-state index contributed by atoms with van der Waals surface area (Å²) in [5.41, 5.74) is 8.12. The number of hydrogen-bond acceptors (Lipinski definition) is 2. The smallest absolute Gasteiger partial charge is 0.206 e. The Labute approximate surface area is 114 Å². The Morgan fingerprint density at radius 2 is 1.80 bits per heavy atom. The molecule has 2 N–H and O–H groups in total. The molecule has 5 heteroatoms. The van der Waals surface area contributed by atoms with Crippen LogP contribution >= 0.6 is 0 Å². The largest absolute Gasteiger partial charge is 0.369 e. The maximum absolute atomic E-state index is 14.3. The van der Waals surface area contributed by atoms with E-state index in [-0.39, 0.29) is 11.6 Å². The molecule has 0 unspecified atom stereocenters. The van der Waals surface area contributed by atoms with Crippen molar-refractivity contribution >= 4 is 17.0 Å². The highest BCUT2D eigenvalue weighted by atomic mass is 19.1. The van der Waals surface area contributed by atoms with E-state index in [2.05, 4.69) is 4.98 Å². The van der Waals surface area contributed by atoms with E-state index in [4.69, 9.17) is 5.73 Å². The van der Waals surface area contributed by atoms with Crippen molar-refractivity contribution in [2.75, 3.05) is 5.73 Å². The van der Waals surface area contributed by atoms with Crippen molar-refractivity contribution in [2.45, 2.75) is 13.8 Å². The van der Waals surface area contributed by atoms with Crippen LogP contribution in [0.5, 0.6) is 0 Å². The summed E-state index contributed by atoms with van der Waals surface area (Å²) in [5.74, 6) is -1.22. The molecule has 102 valence electrons. The van der Waals surface area contributed by atoms with Crippen molar-refractivity contribution < 1.29 is 8.78 Å². The summed E-state index contributed by atoms with van der Waals surface area (Å²) in [6.45, 7) is 3.44. The maximum atomic E-state index is 14.3. The number of nitrogen functional groups attached to an aromatic ring is 1. The lowest BCUT2D eigenvalue weighted by Crippen LogP contribution is -2.07. The van der Waals surface area contributed by atoms with Crippen molar-refractivity contribution in [3.8, 4) is 5.69 Å². The lowest BCUT2D eigenvalue weighted by atomic mass is 10.1. The summed E-state index contributed by atoms with van der Waals surface area (Å²) in [6, 6.07) is 8.08. The molecule has 0 atom stereocenters. The van der Waals surface area contributed by atoms with Gasteiger partial charge in [0.15, 0.2) is 5.82 Å². The van der Waals surface area contributed by atoms with Crippen LogP contribution in [0.3, 0.4) is 0 Å². The molecule has 0 fully saturated rings. The molecular formula is C15H13F2N3. The molecule has 0 amide bonds. The van der Waals surface area contributed by atoms with Crippen LogP contribution < -0.4 is 5.73 Å². The van der Waals surface area contributed by atoms with Gasteiger partial charge in [0.1, 0.15) is 11.5 Å². The van der Waals surface area contributed by atoms with E-state index >= 15 is 0 Å². The molecule has 3 aromatic rings. The highest BCUT2D eigenvalue weighted by molar-refractivity contribution is 5.84. The Morgan fingerprint density at radius 1 is 1.05 bits per heavy atom. The normalized spacial score (nSPS) is 11.2. The Kier molecular flexibility index (Phi) is 2.71. The molecule has 0 aliphatic rings. The van der Waals surface area contributed by atoms with E-state index in [0.717, 1.165) is 5.56 Å². The maximum Gasteiger partial charge on any atom is 0.206 e. The van der Waals surface area contributed by atoms with Gasteiger partial charge >= 0.3 is 0 Å². The second-order valence-corrected chi connectivity index (χ2v) is 4.77. The van der Waals surface area contributed by atoms with Crippen molar-refractivity contribution in [3.63, 3.8) is 0 Å². The molecule has 0 bridgehead atoms. The van der Waals surface area contributed by atoms with E-state index in [0.29, 0.717) is 16.6 Å². The quantitative estimate of drug-likeness (QED) is 0.737. The third kappa shape index (κ3) is 1.66. The van der Waals surface area contributed by atoms with Crippen molar-refractivity contribution in [2.24, 2.45) is 0 Å². The molecule has 0 aliphatic carbocycles. The summed E-state index contributed by atoms with van der Waals surface area (Å²) in [4.78, 5) is 4.17. The highest BCUT2D eigenvalue weighted by Gasteiger charge is 2.19. The second-order valence-electron chi connectivity index (χ2n) is 4.77. The van der Waals surface area contributed by atoms with Gasteiger partial charge in [-0.05, 0) is 37.1 Å². The monoisotopic (exact) mass is 273 g/mol. The van der Waals surface area contributed by atoms with E-state index < -0.39 is 11.6 Å². The number of fused-ring (bicyclic) bond motifs is 1. The summed E-state index contributed by atoms with van der Waals surface area (Å²) < 4.78 is 29.7. The van der Waals surface area contributed by atoms with Crippen LogP contribution in [-0.4, -0.2) is 9.55 Å². The Hall–Kier alpha value is -2.43. The van der Waals surface area contributed by atoms with Gasteiger partial charge in [0.05, 0.1) is 11.0 Å². The van der Waals surface area contributed by atoms with Crippen LogP contribution in [0.25, 0.3) is 16.7 Å². The standard InChI is InChI=1S/C15H13F2N3/c1-8-6-7-10(16)14(12(8)17)20-13-9(2)4-3-5-11(13)19-15(20)18/h3-7H,1-2H3,(H2,18,19). The molecular weight excluding hydrogens is 260 g/mol. The molecule has 0 spiro atoms. The molecule has 0 aliphatic heterocycles. The molecule has 20 heavy (non-hydrogen) atoms. The lowest BCUT2D eigenvalue weighted by Gasteiger charge is -2.11. The van der Waals surface area contributed by atoms with E-state index in [1.54, 1.807) is 13.0 Å². The Balaban J connectivity index is 2.47. The third-order valence-electron chi connectivity index (χ3n) is 3.39. The van der Waals surface area contributed by atoms with Crippen LogP contribution in [0.2, 0.25) is 0 Å². The van der Waals surface area contributed by atoms with Crippen molar-refractivity contribution in [3.05, 3.63) is 53.1 Å². The predicted octanol–water partition coefficient (Wildman–Crippen LogP) is 3.50. The first-order valence-corrected chi connectivity index (χ1v) is 6.19. The van der Waals surface area contributed by atoms with Crippen LogP contribution in [-0.2, 0) is 0 Å². The lowest BCUT2D eigenvalue weighted by molar-refractivity contribution is 0.566. The minimum Gasteiger partial charge on any atom is -0.369 e. The fourth-order valence-corrected chi connectivity index (χ4v) is 2.39. The number of imidazole rings is 1.